The predicted octanol–water partition coefficient (Wildman–Crippen LogP) is 1.82. The molecule has 0 N–H and O–H groups in total. The molecule has 0 spiro atoms. The maximum atomic E-state index is 14.0. The highest BCUT2D eigenvalue weighted by Crippen LogP contribution is 2.33. The summed E-state index contributed by atoms with van der Waals surface area (Å²) in [6.07, 6.45) is 0. The van der Waals surface area contributed by atoms with E-state index in [1.165, 1.54) is 32.9 Å². The Bertz CT molecular complexity index is 1650. The summed E-state index contributed by atoms with van der Waals surface area (Å²) in [6, 6.07) is 20.6. The number of fused-ring (bicyclic) bond motifs is 1. The second-order valence-corrected chi connectivity index (χ2v) is 14.2. The van der Waals surface area contributed by atoms with Gasteiger partial charge in [0.05, 0.1) is 9.79 Å². The van der Waals surface area contributed by atoms with E-state index in [1.54, 1.807) is 41.3 Å². The van der Waals surface area contributed by atoms with Gasteiger partial charge in [0.1, 0.15) is 6.04 Å². The molecule has 0 aliphatic carbocycles. The molecular weight excluding hydrogens is 580 g/mol. The number of benzene rings is 3. The number of sulfonamides is 2. The molecule has 2 saturated heterocycles. The Morgan fingerprint density at radius 2 is 1.33 bits per heavy atom. The molecule has 0 aromatic heterocycles. The van der Waals surface area contributed by atoms with Crippen LogP contribution < -0.4 is 9.47 Å². The minimum absolute atomic E-state index is 0.0591. The van der Waals surface area contributed by atoms with Gasteiger partial charge < -0.3 is 14.4 Å². The molecule has 0 saturated carbocycles. The van der Waals surface area contributed by atoms with Crippen molar-refractivity contribution in [2.75, 3.05) is 52.6 Å². The minimum Gasteiger partial charge on any atom is -0.454 e. The van der Waals surface area contributed by atoms with E-state index in [2.05, 4.69) is 4.90 Å². The molecule has 0 bridgehead atoms. The number of hydrogen-bond donors (Lipinski definition) is 0. The summed E-state index contributed by atoms with van der Waals surface area (Å²) in [6.45, 7) is 2.38. The van der Waals surface area contributed by atoms with E-state index in [1.807, 2.05) is 18.2 Å². The van der Waals surface area contributed by atoms with Gasteiger partial charge in [0, 0.05) is 52.4 Å². The number of nitrogens with zero attached hydrogens (tertiary/aromatic N) is 4. The molecule has 222 valence electrons. The van der Waals surface area contributed by atoms with E-state index in [4.69, 9.17) is 9.47 Å². The van der Waals surface area contributed by atoms with E-state index in [9.17, 15) is 21.6 Å². The molecule has 2 fully saturated rings. The van der Waals surface area contributed by atoms with Crippen molar-refractivity contribution in [3.63, 3.8) is 0 Å². The zero-order valence-electron chi connectivity index (χ0n) is 22.9. The smallest absolute Gasteiger partial charge is 0.243 e. The number of hydrogen-bond acceptors (Lipinski definition) is 8. The van der Waals surface area contributed by atoms with Gasteiger partial charge in [-0.15, -0.1) is 0 Å². The van der Waals surface area contributed by atoms with Crippen LogP contribution in [-0.2, 0) is 31.4 Å². The third kappa shape index (κ3) is 5.62. The van der Waals surface area contributed by atoms with E-state index in [0.29, 0.717) is 38.5 Å². The topological polar surface area (TPSA) is 117 Å². The van der Waals surface area contributed by atoms with Gasteiger partial charge in [-0.2, -0.15) is 8.61 Å². The summed E-state index contributed by atoms with van der Waals surface area (Å²) in [4.78, 5) is 18.0. The first kappa shape index (κ1) is 28.6. The first-order chi connectivity index (χ1) is 20.2. The SMILES string of the molecule is O=C([C@H]1CN(S(=O)(=O)c2ccccc2)CCN1S(=O)(=O)c1ccccc1)N1CCN(Cc2ccc3c(c2)OCO3)CC1. The van der Waals surface area contributed by atoms with Gasteiger partial charge in [-0.25, -0.2) is 16.8 Å². The average molecular weight is 613 g/mol. The highest BCUT2D eigenvalue weighted by atomic mass is 32.2. The molecule has 3 heterocycles. The van der Waals surface area contributed by atoms with Crippen molar-refractivity contribution < 1.29 is 31.1 Å². The number of ether oxygens (including phenoxy) is 2. The summed E-state index contributed by atoms with van der Waals surface area (Å²) in [5.41, 5.74) is 1.06. The maximum absolute atomic E-state index is 14.0. The Hall–Kier alpha value is -3.49. The Kier molecular flexibility index (Phi) is 7.94. The van der Waals surface area contributed by atoms with Gasteiger partial charge in [0.15, 0.2) is 11.5 Å². The number of rotatable bonds is 7. The molecule has 13 heteroatoms. The summed E-state index contributed by atoms with van der Waals surface area (Å²) < 4.78 is 67.6. The number of carbonyl (C=O) groups is 1. The fourth-order valence-electron chi connectivity index (χ4n) is 5.55. The van der Waals surface area contributed by atoms with Crippen LogP contribution in [0.2, 0.25) is 0 Å². The fourth-order valence-corrected chi connectivity index (χ4v) is 8.60. The maximum Gasteiger partial charge on any atom is 0.243 e. The van der Waals surface area contributed by atoms with Crippen molar-refractivity contribution in [2.24, 2.45) is 0 Å². The molecule has 11 nitrogen and oxygen atoms in total. The van der Waals surface area contributed by atoms with Crippen LogP contribution in [-0.4, -0.2) is 99.8 Å². The van der Waals surface area contributed by atoms with Crippen molar-refractivity contribution in [2.45, 2.75) is 22.4 Å². The second-order valence-electron chi connectivity index (χ2n) is 10.4. The van der Waals surface area contributed by atoms with Gasteiger partial charge >= 0.3 is 0 Å². The molecule has 0 unspecified atom stereocenters. The molecule has 3 aliphatic heterocycles. The third-order valence-electron chi connectivity index (χ3n) is 7.84. The summed E-state index contributed by atoms with van der Waals surface area (Å²) in [5, 5.41) is 0. The van der Waals surface area contributed by atoms with Crippen molar-refractivity contribution >= 4 is 26.0 Å². The molecule has 0 radical (unpaired) electrons. The van der Waals surface area contributed by atoms with Crippen LogP contribution in [0.3, 0.4) is 0 Å². The van der Waals surface area contributed by atoms with Gasteiger partial charge in [0.25, 0.3) is 0 Å². The zero-order chi connectivity index (χ0) is 29.3. The average Bonchev–Trinajstić information content (AvgIpc) is 3.50. The first-order valence-electron chi connectivity index (χ1n) is 13.8. The lowest BCUT2D eigenvalue weighted by Gasteiger charge is -2.42. The van der Waals surface area contributed by atoms with Crippen molar-refractivity contribution in [3.05, 3.63) is 84.4 Å². The molecular formula is C29H32N4O7S2. The molecule has 6 rings (SSSR count). The molecule has 3 aromatic carbocycles. The second kappa shape index (κ2) is 11.7. The highest BCUT2D eigenvalue weighted by molar-refractivity contribution is 7.89. The van der Waals surface area contributed by atoms with Gasteiger partial charge in [-0.3, -0.25) is 9.69 Å². The largest absolute Gasteiger partial charge is 0.454 e. The van der Waals surface area contributed by atoms with Crippen LogP contribution in [0.25, 0.3) is 0 Å². The van der Waals surface area contributed by atoms with Gasteiger partial charge in [-0.1, -0.05) is 42.5 Å². The fraction of sp³-hybridized carbons (Fsp3) is 0.345. The van der Waals surface area contributed by atoms with Crippen molar-refractivity contribution in [1.82, 2.24) is 18.4 Å². The zero-order valence-corrected chi connectivity index (χ0v) is 24.5. The van der Waals surface area contributed by atoms with E-state index < -0.39 is 32.0 Å². The van der Waals surface area contributed by atoms with Crippen LogP contribution in [0.5, 0.6) is 11.5 Å². The number of piperazine rings is 2. The quantitative estimate of drug-likeness (QED) is 0.397. The monoisotopic (exact) mass is 612 g/mol. The lowest BCUT2D eigenvalue weighted by Crippen LogP contribution is -2.63. The highest BCUT2D eigenvalue weighted by Gasteiger charge is 2.45. The number of carbonyl (C=O) groups excluding carboxylic acids is 1. The Labute approximate surface area is 245 Å². The van der Waals surface area contributed by atoms with Crippen LogP contribution in [0.4, 0.5) is 0 Å². The standard InChI is InChI=1S/C29H32N4O7S2/c34-29(31-15-13-30(14-16-31)20-23-11-12-27-28(19-23)40-22-39-27)26-21-32(41(35,36)24-7-3-1-4-8-24)17-18-33(26)42(37,38)25-9-5-2-6-10-25/h1-12,19,26H,13-18,20-22H2/t26-/m1/s1. The summed E-state index contributed by atoms with van der Waals surface area (Å²) in [5.74, 6) is 1.04. The lowest BCUT2D eigenvalue weighted by atomic mass is 10.1. The summed E-state index contributed by atoms with van der Waals surface area (Å²) in [7, 11) is -7.98. The third-order valence-corrected chi connectivity index (χ3v) is 11.6. The minimum atomic E-state index is -4.05. The molecule has 1 atom stereocenters. The van der Waals surface area contributed by atoms with Gasteiger partial charge in [0.2, 0.25) is 32.7 Å². The molecule has 42 heavy (non-hydrogen) atoms. The Morgan fingerprint density at radius 3 is 2.00 bits per heavy atom. The molecule has 3 aliphatic rings. The first-order valence-corrected chi connectivity index (χ1v) is 16.6. The van der Waals surface area contributed by atoms with Crippen LogP contribution in [0.1, 0.15) is 5.56 Å². The van der Waals surface area contributed by atoms with Crippen LogP contribution in [0.15, 0.2) is 88.7 Å². The van der Waals surface area contributed by atoms with Crippen molar-refractivity contribution in [1.29, 1.82) is 0 Å². The number of amides is 1. The van der Waals surface area contributed by atoms with Crippen molar-refractivity contribution in [3.8, 4) is 11.5 Å². The van der Waals surface area contributed by atoms with Crippen LogP contribution in [0, 0.1) is 0 Å². The molecule has 1 amide bonds. The molecule has 3 aromatic rings. The Balaban J connectivity index is 1.20. The van der Waals surface area contributed by atoms with Gasteiger partial charge in [-0.05, 0) is 42.0 Å². The van der Waals surface area contributed by atoms with E-state index in [-0.39, 0.29) is 36.2 Å². The lowest BCUT2D eigenvalue weighted by molar-refractivity contribution is -0.138. The van der Waals surface area contributed by atoms with E-state index >= 15 is 0 Å². The Morgan fingerprint density at radius 1 is 0.714 bits per heavy atom. The summed E-state index contributed by atoms with van der Waals surface area (Å²) >= 11 is 0. The predicted molar refractivity (Wildman–Crippen MR) is 154 cm³/mol. The van der Waals surface area contributed by atoms with Crippen LogP contribution >= 0.6 is 0 Å². The normalized spacial score (nSPS) is 20.5. The van der Waals surface area contributed by atoms with E-state index in [0.717, 1.165) is 11.3 Å².